The number of hydrogen-bond acceptors (Lipinski definition) is 4. The maximum atomic E-state index is 13.1. The molecule has 6 heteroatoms. The van der Waals surface area contributed by atoms with Gasteiger partial charge in [-0.1, -0.05) is 69.4 Å². The first-order valence-electron chi connectivity index (χ1n) is 8.64. The van der Waals surface area contributed by atoms with Crippen LogP contribution < -0.4 is 4.90 Å². The molecule has 0 spiro atoms. The van der Waals surface area contributed by atoms with Gasteiger partial charge in [-0.15, -0.1) is 0 Å². The van der Waals surface area contributed by atoms with Gasteiger partial charge in [-0.05, 0) is 18.4 Å². The van der Waals surface area contributed by atoms with Gasteiger partial charge in [-0.3, -0.25) is 14.5 Å². The SMILES string of the molecule is CCCCN1C(=O)C(=C2SC(=S)N(CC(C)C)C2=O)c2ccccc21. The van der Waals surface area contributed by atoms with Crippen molar-refractivity contribution >= 4 is 51.4 Å². The second kappa shape index (κ2) is 7.30. The average Bonchev–Trinajstić information content (AvgIpc) is 3.00. The van der Waals surface area contributed by atoms with Crippen LogP contribution in [-0.2, 0) is 9.59 Å². The van der Waals surface area contributed by atoms with Crippen LogP contribution in [0.4, 0.5) is 5.69 Å². The van der Waals surface area contributed by atoms with E-state index in [0.29, 0.717) is 33.8 Å². The first-order valence-corrected chi connectivity index (χ1v) is 9.87. The number of carbonyl (C=O) groups excluding carboxylic acids is 2. The van der Waals surface area contributed by atoms with Crippen molar-refractivity contribution in [1.29, 1.82) is 0 Å². The topological polar surface area (TPSA) is 40.6 Å². The predicted molar refractivity (Wildman–Crippen MR) is 107 cm³/mol. The molecule has 1 aromatic rings. The lowest BCUT2D eigenvalue weighted by Gasteiger charge is -2.17. The number of unbranched alkanes of at least 4 members (excludes halogenated alkanes) is 1. The van der Waals surface area contributed by atoms with Crippen molar-refractivity contribution in [2.45, 2.75) is 33.6 Å². The maximum Gasteiger partial charge on any atom is 0.267 e. The first-order chi connectivity index (χ1) is 12.0. The zero-order chi connectivity index (χ0) is 18.1. The largest absolute Gasteiger partial charge is 0.308 e. The van der Waals surface area contributed by atoms with Crippen LogP contribution in [-0.4, -0.2) is 34.1 Å². The number of carbonyl (C=O) groups is 2. The van der Waals surface area contributed by atoms with Crippen LogP contribution in [0.5, 0.6) is 0 Å². The van der Waals surface area contributed by atoms with Crippen LogP contribution in [0.3, 0.4) is 0 Å². The summed E-state index contributed by atoms with van der Waals surface area (Å²) >= 11 is 6.65. The smallest absolute Gasteiger partial charge is 0.267 e. The van der Waals surface area contributed by atoms with Gasteiger partial charge in [-0.2, -0.15) is 0 Å². The molecule has 2 aliphatic heterocycles. The van der Waals surface area contributed by atoms with Gasteiger partial charge >= 0.3 is 0 Å². The van der Waals surface area contributed by atoms with E-state index in [-0.39, 0.29) is 11.8 Å². The zero-order valence-electron chi connectivity index (χ0n) is 14.7. The highest BCUT2D eigenvalue weighted by atomic mass is 32.2. The van der Waals surface area contributed by atoms with E-state index in [1.54, 1.807) is 9.80 Å². The highest BCUT2D eigenvalue weighted by Gasteiger charge is 2.41. The van der Waals surface area contributed by atoms with Gasteiger partial charge in [0.25, 0.3) is 11.8 Å². The van der Waals surface area contributed by atoms with Crippen LogP contribution in [0.1, 0.15) is 39.2 Å². The predicted octanol–water partition coefficient (Wildman–Crippen LogP) is 4.06. The van der Waals surface area contributed by atoms with E-state index in [4.69, 9.17) is 12.2 Å². The van der Waals surface area contributed by atoms with E-state index >= 15 is 0 Å². The molecular formula is C19H22N2O2S2. The van der Waals surface area contributed by atoms with Gasteiger partial charge in [-0.25, -0.2) is 0 Å². The number of para-hydroxylation sites is 1. The number of thiocarbonyl (C=S) groups is 1. The molecule has 0 atom stereocenters. The Labute approximate surface area is 158 Å². The molecule has 4 nitrogen and oxygen atoms in total. The highest BCUT2D eigenvalue weighted by molar-refractivity contribution is 8.26. The van der Waals surface area contributed by atoms with E-state index in [1.807, 2.05) is 38.1 Å². The van der Waals surface area contributed by atoms with Crippen molar-refractivity contribution in [2.24, 2.45) is 5.92 Å². The molecule has 2 amide bonds. The van der Waals surface area contributed by atoms with Crippen molar-refractivity contribution < 1.29 is 9.59 Å². The second-order valence-electron chi connectivity index (χ2n) is 6.71. The lowest BCUT2D eigenvalue weighted by atomic mass is 10.1. The lowest BCUT2D eigenvalue weighted by molar-refractivity contribution is -0.122. The summed E-state index contributed by atoms with van der Waals surface area (Å²) in [6.45, 7) is 7.45. The third kappa shape index (κ3) is 3.25. The number of amides is 2. The standard InChI is InChI=1S/C19H22N2O2S2/c1-4-5-10-20-14-9-7-6-8-13(14)15(17(20)22)16-18(23)21(11-12(2)3)19(24)25-16/h6-9,12H,4-5,10-11H2,1-3H3. The minimum atomic E-state index is -0.140. The summed E-state index contributed by atoms with van der Waals surface area (Å²) in [7, 11) is 0. The summed E-state index contributed by atoms with van der Waals surface area (Å²) in [5, 5.41) is 0. The molecule has 0 bridgehead atoms. The summed E-state index contributed by atoms with van der Waals surface area (Å²) < 4.78 is 0.540. The average molecular weight is 375 g/mol. The molecule has 0 unspecified atom stereocenters. The van der Waals surface area contributed by atoms with Crippen molar-refractivity contribution in [1.82, 2.24) is 4.90 Å². The van der Waals surface area contributed by atoms with E-state index in [2.05, 4.69) is 6.92 Å². The van der Waals surface area contributed by atoms with Crippen molar-refractivity contribution in [2.75, 3.05) is 18.0 Å². The second-order valence-corrected chi connectivity index (χ2v) is 8.35. The molecule has 0 saturated carbocycles. The normalized spacial score (nSPS) is 20.2. The van der Waals surface area contributed by atoms with Gasteiger partial charge in [0, 0.05) is 18.7 Å². The van der Waals surface area contributed by atoms with Gasteiger partial charge < -0.3 is 4.90 Å². The van der Waals surface area contributed by atoms with Crippen molar-refractivity contribution in [3.63, 3.8) is 0 Å². The number of hydrogen-bond donors (Lipinski definition) is 0. The molecule has 25 heavy (non-hydrogen) atoms. The molecule has 1 fully saturated rings. The Kier molecular flexibility index (Phi) is 5.29. The number of thioether (sulfide) groups is 1. The first kappa shape index (κ1) is 18.1. The van der Waals surface area contributed by atoms with Crippen LogP contribution in [0.2, 0.25) is 0 Å². The maximum absolute atomic E-state index is 13.1. The van der Waals surface area contributed by atoms with E-state index in [9.17, 15) is 9.59 Å². The van der Waals surface area contributed by atoms with Gasteiger partial charge in [0.15, 0.2) is 0 Å². The molecule has 2 heterocycles. The fourth-order valence-electron chi connectivity index (χ4n) is 3.11. The molecule has 1 aromatic carbocycles. The quantitative estimate of drug-likeness (QED) is 0.576. The van der Waals surface area contributed by atoms with Crippen LogP contribution in [0.15, 0.2) is 29.2 Å². The van der Waals surface area contributed by atoms with Crippen LogP contribution in [0, 0.1) is 5.92 Å². The molecule has 0 radical (unpaired) electrons. The molecular weight excluding hydrogens is 352 g/mol. The summed E-state index contributed by atoms with van der Waals surface area (Å²) in [5.74, 6) is 0.0957. The number of nitrogens with zero attached hydrogens (tertiary/aromatic N) is 2. The lowest BCUT2D eigenvalue weighted by Crippen LogP contribution is -2.32. The van der Waals surface area contributed by atoms with E-state index < -0.39 is 0 Å². The van der Waals surface area contributed by atoms with E-state index in [0.717, 1.165) is 24.1 Å². The molecule has 3 rings (SSSR count). The molecule has 132 valence electrons. The summed E-state index contributed by atoms with van der Waals surface area (Å²) in [4.78, 5) is 29.9. The van der Waals surface area contributed by atoms with Crippen LogP contribution in [0.25, 0.3) is 5.57 Å². The highest BCUT2D eigenvalue weighted by Crippen LogP contribution is 2.44. The molecule has 2 aliphatic rings. The Morgan fingerprint density at radius 1 is 1.12 bits per heavy atom. The third-order valence-corrected chi connectivity index (χ3v) is 5.73. The zero-order valence-corrected chi connectivity index (χ0v) is 16.4. The van der Waals surface area contributed by atoms with Crippen molar-refractivity contribution in [3.05, 3.63) is 34.7 Å². The van der Waals surface area contributed by atoms with Gasteiger partial charge in [0.2, 0.25) is 0 Å². The number of benzene rings is 1. The Hall–Kier alpha value is -1.66. The number of fused-ring (bicyclic) bond motifs is 1. The van der Waals surface area contributed by atoms with Crippen molar-refractivity contribution in [3.8, 4) is 0 Å². The minimum absolute atomic E-state index is 0.0836. The minimum Gasteiger partial charge on any atom is -0.308 e. The molecule has 0 aliphatic carbocycles. The van der Waals surface area contributed by atoms with Gasteiger partial charge in [0.05, 0.1) is 16.2 Å². The van der Waals surface area contributed by atoms with Gasteiger partial charge in [0.1, 0.15) is 4.32 Å². The van der Waals surface area contributed by atoms with E-state index in [1.165, 1.54) is 11.8 Å². The molecule has 1 saturated heterocycles. The molecule has 0 aromatic heterocycles. The monoisotopic (exact) mass is 374 g/mol. The number of anilines is 1. The third-order valence-electron chi connectivity index (χ3n) is 4.28. The summed E-state index contributed by atoms with van der Waals surface area (Å²) in [5.41, 5.74) is 2.24. The molecule has 0 N–H and O–H groups in total. The number of rotatable bonds is 5. The fourth-order valence-corrected chi connectivity index (χ4v) is 4.46. The summed E-state index contributed by atoms with van der Waals surface area (Å²) in [6, 6.07) is 7.70. The Bertz CT molecular complexity index is 770. The Balaban J connectivity index is 2.04. The Morgan fingerprint density at radius 3 is 2.52 bits per heavy atom. The fraction of sp³-hybridized carbons (Fsp3) is 0.421. The van der Waals surface area contributed by atoms with Crippen LogP contribution >= 0.6 is 24.0 Å². The Morgan fingerprint density at radius 2 is 1.84 bits per heavy atom. The summed E-state index contributed by atoms with van der Waals surface area (Å²) in [6.07, 6.45) is 1.94.